The standard InChI is InChI=1S/C19H25N3O/c1-13-16-8-4-5-9-18(16)21-14(2)17(13)11-19(23)22-10-6-7-15(22)12-20-3/h4-5,8-9,15,20H,6-7,10-12H2,1-3H3/t15-/m0/s1. The highest BCUT2D eigenvalue weighted by atomic mass is 16.2. The van der Waals surface area contributed by atoms with E-state index in [1.165, 1.54) is 5.56 Å². The van der Waals surface area contributed by atoms with Gasteiger partial charge in [0.1, 0.15) is 0 Å². The first-order valence-electron chi connectivity index (χ1n) is 8.40. The van der Waals surface area contributed by atoms with Gasteiger partial charge in [0.15, 0.2) is 0 Å². The summed E-state index contributed by atoms with van der Waals surface area (Å²) in [6, 6.07) is 8.49. The molecule has 2 aromatic rings. The van der Waals surface area contributed by atoms with Crippen molar-refractivity contribution in [1.29, 1.82) is 0 Å². The second kappa shape index (κ2) is 6.67. The zero-order valence-electron chi connectivity index (χ0n) is 14.2. The first kappa shape index (κ1) is 15.9. The maximum Gasteiger partial charge on any atom is 0.227 e. The van der Waals surface area contributed by atoms with Crippen LogP contribution in [0.2, 0.25) is 0 Å². The number of carbonyl (C=O) groups is 1. The molecule has 0 spiro atoms. The maximum atomic E-state index is 12.8. The highest BCUT2D eigenvalue weighted by molar-refractivity contribution is 5.86. The van der Waals surface area contributed by atoms with E-state index >= 15 is 0 Å². The van der Waals surface area contributed by atoms with Gasteiger partial charge in [0.2, 0.25) is 5.91 Å². The summed E-state index contributed by atoms with van der Waals surface area (Å²) in [4.78, 5) is 19.5. The molecule has 1 aromatic carbocycles. The highest BCUT2D eigenvalue weighted by Crippen LogP contribution is 2.25. The number of hydrogen-bond donors (Lipinski definition) is 1. The number of aromatic nitrogens is 1. The van der Waals surface area contributed by atoms with Crippen molar-refractivity contribution in [3.8, 4) is 0 Å². The van der Waals surface area contributed by atoms with Gasteiger partial charge >= 0.3 is 0 Å². The van der Waals surface area contributed by atoms with E-state index in [1.807, 2.05) is 37.1 Å². The van der Waals surface area contributed by atoms with E-state index in [2.05, 4.69) is 23.3 Å². The number of fused-ring (bicyclic) bond motifs is 1. The lowest BCUT2D eigenvalue weighted by Crippen LogP contribution is -2.41. The number of pyridine rings is 1. The van der Waals surface area contributed by atoms with Gasteiger partial charge in [-0.3, -0.25) is 9.78 Å². The quantitative estimate of drug-likeness (QED) is 0.944. The van der Waals surface area contributed by atoms with Crippen molar-refractivity contribution >= 4 is 16.8 Å². The monoisotopic (exact) mass is 311 g/mol. The number of amides is 1. The van der Waals surface area contributed by atoms with Gasteiger partial charge in [-0.2, -0.15) is 0 Å². The summed E-state index contributed by atoms with van der Waals surface area (Å²) in [5.74, 6) is 0.228. The third-order valence-electron chi connectivity index (χ3n) is 4.95. The molecule has 0 saturated carbocycles. The smallest absolute Gasteiger partial charge is 0.227 e. The Balaban J connectivity index is 1.88. The Hall–Kier alpha value is -1.94. The number of nitrogens with zero attached hydrogens (tertiary/aromatic N) is 2. The van der Waals surface area contributed by atoms with E-state index in [-0.39, 0.29) is 5.91 Å². The second-order valence-corrected chi connectivity index (χ2v) is 6.44. The second-order valence-electron chi connectivity index (χ2n) is 6.44. The van der Waals surface area contributed by atoms with E-state index in [1.54, 1.807) is 0 Å². The predicted octanol–water partition coefficient (Wildman–Crippen LogP) is 2.60. The Morgan fingerprint density at radius 1 is 1.35 bits per heavy atom. The molecule has 0 radical (unpaired) electrons. The van der Waals surface area contributed by atoms with E-state index in [4.69, 9.17) is 0 Å². The van der Waals surface area contributed by atoms with E-state index < -0.39 is 0 Å². The Morgan fingerprint density at radius 2 is 2.13 bits per heavy atom. The fourth-order valence-corrected chi connectivity index (χ4v) is 3.70. The summed E-state index contributed by atoms with van der Waals surface area (Å²) in [5.41, 5.74) is 4.25. The molecule has 1 aromatic heterocycles. The fourth-order valence-electron chi connectivity index (χ4n) is 3.70. The average molecular weight is 311 g/mol. The Morgan fingerprint density at radius 3 is 2.91 bits per heavy atom. The van der Waals surface area contributed by atoms with Crippen LogP contribution in [-0.4, -0.2) is 42.0 Å². The van der Waals surface area contributed by atoms with E-state index in [0.29, 0.717) is 12.5 Å². The summed E-state index contributed by atoms with van der Waals surface area (Å²) in [6.45, 7) is 5.87. The molecule has 3 rings (SSSR count). The molecule has 4 heteroatoms. The molecule has 1 aliphatic heterocycles. The van der Waals surface area contributed by atoms with Crippen molar-refractivity contribution in [3.63, 3.8) is 0 Å². The molecule has 0 aliphatic carbocycles. The highest BCUT2D eigenvalue weighted by Gasteiger charge is 2.28. The molecule has 122 valence electrons. The van der Waals surface area contributed by atoms with Crippen molar-refractivity contribution in [2.45, 2.75) is 39.2 Å². The molecule has 0 bridgehead atoms. The lowest BCUT2D eigenvalue weighted by molar-refractivity contribution is -0.131. The van der Waals surface area contributed by atoms with Crippen LogP contribution in [0.15, 0.2) is 24.3 Å². The number of para-hydroxylation sites is 1. The van der Waals surface area contributed by atoms with Gasteiger partial charge in [-0.05, 0) is 50.9 Å². The first-order valence-corrected chi connectivity index (χ1v) is 8.40. The molecule has 23 heavy (non-hydrogen) atoms. The number of likely N-dealkylation sites (N-methyl/N-ethyl adjacent to an activating group) is 1. The van der Waals surface area contributed by atoms with E-state index in [9.17, 15) is 4.79 Å². The molecule has 0 unspecified atom stereocenters. The first-order chi connectivity index (χ1) is 11.1. The Bertz CT molecular complexity index is 726. The number of likely N-dealkylation sites (tertiary alicyclic amines) is 1. The fraction of sp³-hybridized carbons (Fsp3) is 0.474. The van der Waals surface area contributed by atoms with Gasteiger partial charge < -0.3 is 10.2 Å². The molecule has 1 saturated heterocycles. The van der Waals surface area contributed by atoms with Crippen LogP contribution in [0.4, 0.5) is 0 Å². The number of carbonyl (C=O) groups excluding carboxylic acids is 1. The van der Waals surface area contributed by atoms with Crippen LogP contribution in [0, 0.1) is 13.8 Å². The number of rotatable bonds is 4. The molecule has 1 amide bonds. The van der Waals surface area contributed by atoms with Gasteiger partial charge in [-0.1, -0.05) is 18.2 Å². The van der Waals surface area contributed by atoms with Gasteiger partial charge in [-0.15, -0.1) is 0 Å². The lowest BCUT2D eigenvalue weighted by Gasteiger charge is -2.25. The third-order valence-corrected chi connectivity index (χ3v) is 4.95. The van der Waals surface area contributed by atoms with Gasteiger partial charge in [-0.25, -0.2) is 0 Å². The van der Waals surface area contributed by atoms with Gasteiger partial charge in [0, 0.05) is 30.2 Å². The molecule has 4 nitrogen and oxygen atoms in total. The molecular formula is C19H25N3O. The zero-order valence-corrected chi connectivity index (χ0v) is 14.2. The molecule has 1 N–H and O–H groups in total. The topological polar surface area (TPSA) is 45.2 Å². The number of aryl methyl sites for hydroxylation is 2. The Labute approximate surface area is 137 Å². The largest absolute Gasteiger partial charge is 0.338 e. The number of nitrogens with one attached hydrogen (secondary N) is 1. The molecule has 2 heterocycles. The summed E-state index contributed by atoms with van der Waals surface area (Å²) in [5, 5.41) is 4.35. The van der Waals surface area contributed by atoms with Crippen LogP contribution in [0.3, 0.4) is 0 Å². The van der Waals surface area contributed by atoms with Gasteiger partial charge in [0.05, 0.1) is 11.9 Å². The summed E-state index contributed by atoms with van der Waals surface area (Å²) < 4.78 is 0. The minimum absolute atomic E-state index is 0.228. The van der Waals surface area contributed by atoms with Crippen LogP contribution in [0.5, 0.6) is 0 Å². The summed E-state index contributed by atoms with van der Waals surface area (Å²) in [6.07, 6.45) is 2.66. The summed E-state index contributed by atoms with van der Waals surface area (Å²) in [7, 11) is 1.95. The predicted molar refractivity (Wildman–Crippen MR) is 93.6 cm³/mol. The molecular weight excluding hydrogens is 286 g/mol. The van der Waals surface area contributed by atoms with Crippen LogP contribution in [0.25, 0.3) is 10.9 Å². The van der Waals surface area contributed by atoms with Crippen LogP contribution in [-0.2, 0) is 11.2 Å². The van der Waals surface area contributed by atoms with Crippen molar-refractivity contribution in [2.24, 2.45) is 0 Å². The van der Waals surface area contributed by atoms with Crippen LogP contribution < -0.4 is 5.32 Å². The zero-order chi connectivity index (χ0) is 16.4. The number of hydrogen-bond acceptors (Lipinski definition) is 3. The third kappa shape index (κ3) is 3.08. The normalized spacial score (nSPS) is 17.9. The molecule has 1 atom stereocenters. The van der Waals surface area contributed by atoms with Crippen molar-refractivity contribution in [2.75, 3.05) is 20.1 Å². The van der Waals surface area contributed by atoms with Gasteiger partial charge in [0.25, 0.3) is 0 Å². The maximum absolute atomic E-state index is 12.8. The minimum atomic E-state index is 0.228. The SMILES string of the molecule is CNC[C@@H]1CCCN1C(=O)Cc1c(C)nc2ccccc2c1C. The molecule has 1 fully saturated rings. The number of benzene rings is 1. The Kier molecular flexibility index (Phi) is 4.62. The van der Waals surface area contributed by atoms with Crippen LogP contribution >= 0.6 is 0 Å². The summed E-state index contributed by atoms with van der Waals surface area (Å²) >= 11 is 0. The minimum Gasteiger partial charge on any atom is -0.338 e. The lowest BCUT2D eigenvalue weighted by atomic mass is 9.99. The van der Waals surface area contributed by atoms with E-state index in [0.717, 1.165) is 48.1 Å². The van der Waals surface area contributed by atoms with Crippen molar-refractivity contribution in [1.82, 2.24) is 15.2 Å². The average Bonchev–Trinajstić information content (AvgIpc) is 3.00. The molecule has 1 aliphatic rings. The van der Waals surface area contributed by atoms with Crippen molar-refractivity contribution < 1.29 is 4.79 Å². The van der Waals surface area contributed by atoms with Crippen molar-refractivity contribution in [3.05, 3.63) is 41.1 Å². The van der Waals surface area contributed by atoms with Crippen LogP contribution in [0.1, 0.15) is 29.7 Å².